The van der Waals surface area contributed by atoms with Crippen LogP contribution in [0, 0.1) is 0 Å². The maximum atomic E-state index is 11.4. The minimum Gasteiger partial charge on any atom is -0.508 e. The van der Waals surface area contributed by atoms with E-state index in [2.05, 4.69) is 4.98 Å². The van der Waals surface area contributed by atoms with Gasteiger partial charge in [-0.1, -0.05) is 0 Å². The molecule has 1 amide bonds. The van der Waals surface area contributed by atoms with Crippen molar-refractivity contribution in [3.63, 3.8) is 0 Å². The summed E-state index contributed by atoms with van der Waals surface area (Å²) in [5.74, 6) is 1.19. The molecular weight excluding hydrogens is 204 g/mol. The van der Waals surface area contributed by atoms with Gasteiger partial charge in [0.2, 0.25) is 5.91 Å². The molecule has 3 rings (SSSR count). The number of aromatic nitrogens is 1. The largest absolute Gasteiger partial charge is 0.508 e. The first-order valence-corrected chi connectivity index (χ1v) is 5.28. The molecule has 0 aliphatic carbocycles. The molecule has 2 heterocycles. The van der Waals surface area contributed by atoms with E-state index in [0.29, 0.717) is 0 Å². The van der Waals surface area contributed by atoms with Crippen molar-refractivity contribution in [1.29, 1.82) is 0 Å². The van der Waals surface area contributed by atoms with Crippen molar-refractivity contribution in [3.8, 4) is 5.75 Å². The molecule has 1 aromatic heterocycles. The van der Waals surface area contributed by atoms with Gasteiger partial charge >= 0.3 is 0 Å². The van der Waals surface area contributed by atoms with Gasteiger partial charge in [0, 0.05) is 29.9 Å². The Kier molecular flexibility index (Phi) is 1.74. The van der Waals surface area contributed by atoms with E-state index in [4.69, 9.17) is 0 Å². The van der Waals surface area contributed by atoms with Crippen LogP contribution in [0.4, 0.5) is 5.82 Å². The van der Waals surface area contributed by atoms with Gasteiger partial charge in [-0.15, -0.1) is 0 Å². The third-order valence-corrected chi connectivity index (χ3v) is 3.10. The summed E-state index contributed by atoms with van der Waals surface area (Å²) in [5.41, 5.74) is 2.09. The lowest BCUT2D eigenvalue weighted by atomic mass is 10.1. The lowest BCUT2D eigenvalue weighted by Gasteiger charge is -2.12. The molecule has 2 aromatic rings. The molecule has 0 saturated carbocycles. The SMILES string of the molecule is CC(=O)N1CCc2c1[nH]c1ccc(O)cc21. The number of rotatable bonds is 0. The zero-order chi connectivity index (χ0) is 11.3. The number of fused-ring (bicyclic) bond motifs is 3. The van der Waals surface area contributed by atoms with Crippen LogP contribution < -0.4 is 4.90 Å². The zero-order valence-corrected chi connectivity index (χ0v) is 8.95. The fraction of sp³-hybridized carbons (Fsp3) is 0.250. The standard InChI is InChI=1S/C12H12N2O2/c1-7(15)14-5-4-9-10-6-8(16)2-3-11(10)13-12(9)14/h2-3,6,13,16H,4-5H2,1H3. The Morgan fingerprint density at radius 3 is 3.06 bits per heavy atom. The lowest BCUT2D eigenvalue weighted by Crippen LogP contribution is -2.26. The van der Waals surface area contributed by atoms with Gasteiger partial charge < -0.3 is 10.1 Å². The second-order valence-electron chi connectivity index (χ2n) is 4.10. The number of hydrogen-bond acceptors (Lipinski definition) is 2. The third kappa shape index (κ3) is 1.13. The third-order valence-electron chi connectivity index (χ3n) is 3.10. The Labute approximate surface area is 92.5 Å². The summed E-state index contributed by atoms with van der Waals surface area (Å²) in [5, 5.41) is 10.5. The number of amides is 1. The fourth-order valence-corrected chi connectivity index (χ4v) is 2.36. The lowest BCUT2D eigenvalue weighted by molar-refractivity contribution is -0.116. The predicted molar refractivity (Wildman–Crippen MR) is 61.7 cm³/mol. The molecule has 1 aliphatic heterocycles. The van der Waals surface area contributed by atoms with Crippen molar-refractivity contribution >= 4 is 22.6 Å². The first-order valence-electron chi connectivity index (χ1n) is 5.28. The quantitative estimate of drug-likeness (QED) is 0.705. The number of hydrogen-bond donors (Lipinski definition) is 2. The number of H-pyrrole nitrogens is 1. The number of phenols is 1. The minimum atomic E-state index is 0.0505. The molecule has 1 aromatic carbocycles. The number of aromatic amines is 1. The van der Waals surface area contributed by atoms with Gasteiger partial charge in [-0.2, -0.15) is 0 Å². The molecule has 4 heteroatoms. The van der Waals surface area contributed by atoms with Crippen LogP contribution in [0.2, 0.25) is 0 Å². The molecule has 0 atom stereocenters. The molecule has 0 fully saturated rings. The molecule has 82 valence electrons. The highest BCUT2D eigenvalue weighted by atomic mass is 16.3. The van der Waals surface area contributed by atoms with E-state index < -0.39 is 0 Å². The summed E-state index contributed by atoms with van der Waals surface area (Å²) in [4.78, 5) is 16.4. The van der Waals surface area contributed by atoms with Gasteiger partial charge in [0.15, 0.2) is 0 Å². The first kappa shape index (κ1) is 9.27. The van der Waals surface area contributed by atoms with Gasteiger partial charge in [-0.05, 0) is 24.6 Å². The van der Waals surface area contributed by atoms with Crippen LogP contribution in [0.1, 0.15) is 12.5 Å². The van der Waals surface area contributed by atoms with Crippen molar-refractivity contribution in [2.45, 2.75) is 13.3 Å². The van der Waals surface area contributed by atoms with Crippen molar-refractivity contribution in [2.75, 3.05) is 11.4 Å². The number of nitrogens with one attached hydrogen (secondary N) is 1. The van der Waals surface area contributed by atoms with Crippen LogP contribution in [-0.2, 0) is 11.2 Å². The topological polar surface area (TPSA) is 56.3 Å². The van der Waals surface area contributed by atoms with Crippen molar-refractivity contribution in [1.82, 2.24) is 4.98 Å². The number of carbonyl (C=O) groups excluding carboxylic acids is 1. The Morgan fingerprint density at radius 1 is 1.50 bits per heavy atom. The van der Waals surface area contributed by atoms with Gasteiger partial charge in [0.25, 0.3) is 0 Å². The van der Waals surface area contributed by atoms with E-state index in [0.717, 1.165) is 35.2 Å². The average molecular weight is 216 g/mol. The molecule has 2 N–H and O–H groups in total. The van der Waals surface area contributed by atoms with Crippen LogP contribution in [0.3, 0.4) is 0 Å². The summed E-state index contributed by atoms with van der Waals surface area (Å²) in [6, 6.07) is 5.22. The molecule has 0 saturated heterocycles. The number of benzene rings is 1. The minimum absolute atomic E-state index is 0.0505. The monoisotopic (exact) mass is 216 g/mol. The van der Waals surface area contributed by atoms with Gasteiger partial charge in [0.05, 0.1) is 0 Å². The number of carbonyl (C=O) groups is 1. The number of aromatic hydroxyl groups is 1. The number of anilines is 1. The van der Waals surface area contributed by atoms with E-state index in [1.807, 2.05) is 6.07 Å². The Balaban J connectivity index is 2.25. The van der Waals surface area contributed by atoms with E-state index in [1.165, 1.54) is 0 Å². The summed E-state index contributed by atoms with van der Waals surface area (Å²) in [7, 11) is 0. The van der Waals surface area contributed by atoms with Crippen LogP contribution in [0.5, 0.6) is 5.75 Å². The molecule has 0 bridgehead atoms. The van der Waals surface area contributed by atoms with E-state index in [9.17, 15) is 9.90 Å². The fourth-order valence-electron chi connectivity index (χ4n) is 2.36. The Morgan fingerprint density at radius 2 is 2.31 bits per heavy atom. The first-order chi connectivity index (χ1) is 7.66. The summed E-state index contributed by atoms with van der Waals surface area (Å²) >= 11 is 0. The maximum Gasteiger partial charge on any atom is 0.224 e. The molecule has 0 radical (unpaired) electrons. The van der Waals surface area contributed by atoms with Crippen molar-refractivity contribution in [3.05, 3.63) is 23.8 Å². The van der Waals surface area contributed by atoms with E-state index >= 15 is 0 Å². The molecule has 4 nitrogen and oxygen atoms in total. The van der Waals surface area contributed by atoms with Gasteiger partial charge in [-0.25, -0.2) is 0 Å². The molecule has 16 heavy (non-hydrogen) atoms. The number of nitrogens with zero attached hydrogens (tertiary/aromatic N) is 1. The van der Waals surface area contributed by atoms with Crippen LogP contribution in [0.25, 0.3) is 10.9 Å². The summed E-state index contributed by atoms with van der Waals surface area (Å²) in [6.07, 6.45) is 0.846. The van der Waals surface area contributed by atoms with E-state index in [-0.39, 0.29) is 11.7 Å². The summed E-state index contributed by atoms with van der Waals surface area (Å²) in [6.45, 7) is 2.29. The van der Waals surface area contributed by atoms with Crippen molar-refractivity contribution in [2.24, 2.45) is 0 Å². The second-order valence-corrected chi connectivity index (χ2v) is 4.10. The highest BCUT2D eigenvalue weighted by Gasteiger charge is 2.26. The predicted octanol–water partition coefficient (Wildman–Crippen LogP) is 1.78. The molecule has 0 unspecified atom stereocenters. The van der Waals surface area contributed by atoms with Crippen LogP contribution in [-0.4, -0.2) is 22.5 Å². The highest BCUT2D eigenvalue weighted by Crippen LogP contribution is 2.35. The normalized spacial score (nSPS) is 14.4. The summed E-state index contributed by atoms with van der Waals surface area (Å²) < 4.78 is 0. The van der Waals surface area contributed by atoms with Crippen molar-refractivity contribution < 1.29 is 9.90 Å². The van der Waals surface area contributed by atoms with Crippen LogP contribution >= 0.6 is 0 Å². The smallest absolute Gasteiger partial charge is 0.224 e. The highest BCUT2D eigenvalue weighted by molar-refractivity contribution is 5.99. The molecule has 0 spiro atoms. The molecule has 1 aliphatic rings. The Hall–Kier alpha value is -1.97. The zero-order valence-electron chi connectivity index (χ0n) is 8.95. The second kappa shape index (κ2) is 3.01. The molecular formula is C12H12N2O2. The van der Waals surface area contributed by atoms with E-state index in [1.54, 1.807) is 24.0 Å². The van der Waals surface area contributed by atoms with Crippen LogP contribution in [0.15, 0.2) is 18.2 Å². The number of phenolic OH excluding ortho intramolecular Hbond substituents is 1. The average Bonchev–Trinajstić information content (AvgIpc) is 2.76. The van der Waals surface area contributed by atoms with Gasteiger partial charge in [0.1, 0.15) is 11.6 Å². The maximum absolute atomic E-state index is 11.4. The van der Waals surface area contributed by atoms with Gasteiger partial charge in [-0.3, -0.25) is 9.69 Å². The Bertz CT molecular complexity index is 586.